The van der Waals surface area contributed by atoms with Crippen LogP contribution >= 0.6 is 11.8 Å². The Morgan fingerprint density at radius 3 is 2.68 bits per heavy atom. The van der Waals surface area contributed by atoms with Gasteiger partial charge in [-0.15, -0.1) is 10.2 Å². The van der Waals surface area contributed by atoms with Crippen molar-refractivity contribution in [2.75, 3.05) is 0 Å². The van der Waals surface area contributed by atoms with Gasteiger partial charge in [0.25, 0.3) is 0 Å². The third-order valence-electron chi connectivity index (χ3n) is 3.74. The average molecular weight is 357 g/mol. The van der Waals surface area contributed by atoms with E-state index < -0.39 is 0 Å². The van der Waals surface area contributed by atoms with E-state index in [2.05, 4.69) is 57.8 Å². The normalized spacial score (nSPS) is 11.4. The molecule has 25 heavy (non-hydrogen) atoms. The summed E-state index contributed by atoms with van der Waals surface area (Å²) >= 11 is 1.58. The van der Waals surface area contributed by atoms with Gasteiger partial charge in [0.05, 0.1) is 5.75 Å². The molecule has 0 aliphatic rings. The SMILES string of the molecule is CCn1c(Cc2ccccc2)nnc1SCc1nc(CC(C)C)no1. The second kappa shape index (κ2) is 8.29. The third kappa shape index (κ3) is 4.69. The Morgan fingerprint density at radius 1 is 1.16 bits per heavy atom. The molecule has 0 saturated heterocycles. The molecule has 0 bridgehead atoms. The van der Waals surface area contributed by atoms with Gasteiger partial charge in [0, 0.05) is 19.4 Å². The summed E-state index contributed by atoms with van der Waals surface area (Å²) < 4.78 is 7.47. The maximum atomic E-state index is 5.32. The van der Waals surface area contributed by atoms with Crippen LogP contribution in [0.2, 0.25) is 0 Å². The van der Waals surface area contributed by atoms with E-state index in [1.807, 2.05) is 18.2 Å². The highest BCUT2D eigenvalue weighted by atomic mass is 32.2. The number of benzene rings is 1. The molecule has 132 valence electrons. The van der Waals surface area contributed by atoms with Crippen LogP contribution in [0.5, 0.6) is 0 Å². The van der Waals surface area contributed by atoms with Crippen molar-refractivity contribution in [3.63, 3.8) is 0 Å². The maximum absolute atomic E-state index is 5.32. The highest BCUT2D eigenvalue weighted by molar-refractivity contribution is 7.98. The van der Waals surface area contributed by atoms with Crippen LogP contribution in [-0.2, 0) is 25.1 Å². The van der Waals surface area contributed by atoms with Gasteiger partial charge in [-0.25, -0.2) is 0 Å². The molecule has 1 aromatic carbocycles. The van der Waals surface area contributed by atoms with Gasteiger partial charge in [-0.2, -0.15) is 4.98 Å². The Hall–Kier alpha value is -2.15. The first-order chi connectivity index (χ1) is 12.2. The van der Waals surface area contributed by atoms with Gasteiger partial charge in [0.1, 0.15) is 5.82 Å². The molecule has 3 aromatic rings. The van der Waals surface area contributed by atoms with Gasteiger partial charge in [-0.1, -0.05) is 61.1 Å². The number of hydrogen-bond donors (Lipinski definition) is 0. The lowest BCUT2D eigenvalue weighted by Crippen LogP contribution is -2.04. The molecular weight excluding hydrogens is 334 g/mol. The lowest BCUT2D eigenvalue weighted by molar-refractivity contribution is 0.382. The van der Waals surface area contributed by atoms with Gasteiger partial charge < -0.3 is 9.09 Å². The number of thioether (sulfide) groups is 1. The fourth-order valence-electron chi connectivity index (χ4n) is 2.58. The van der Waals surface area contributed by atoms with Crippen LogP contribution < -0.4 is 0 Å². The van der Waals surface area contributed by atoms with Gasteiger partial charge in [0.2, 0.25) is 5.89 Å². The fraction of sp³-hybridized carbons (Fsp3) is 0.444. The molecule has 0 fully saturated rings. The summed E-state index contributed by atoms with van der Waals surface area (Å²) in [6.07, 6.45) is 1.61. The molecule has 0 N–H and O–H groups in total. The smallest absolute Gasteiger partial charge is 0.237 e. The second-order valence-electron chi connectivity index (χ2n) is 6.30. The van der Waals surface area contributed by atoms with Gasteiger partial charge >= 0.3 is 0 Å². The van der Waals surface area contributed by atoms with Crippen molar-refractivity contribution in [2.45, 2.75) is 51.1 Å². The molecule has 7 heteroatoms. The number of rotatable bonds is 8. The van der Waals surface area contributed by atoms with E-state index in [0.29, 0.717) is 17.6 Å². The molecule has 0 radical (unpaired) electrons. The summed E-state index contributed by atoms with van der Waals surface area (Å²) in [6, 6.07) is 10.3. The minimum absolute atomic E-state index is 0.516. The van der Waals surface area contributed by atoms with Crippen LogP contribution in [0, 0.1) is 5.92 Å². The van der Waals surface area contributed by atoms with Crippen molar-refractivity contribution in [2.24, 2.45) is 5.92 Å². The fourth-order valence-corrected chi connectivity index (χ4v) is 3.43. The predicted octanol–water partition coefficient (Wildman–Crippen LogP) is 3.76. The van der Waals surface area contributed by atoms with Crippen molar-refractivity contribution in [1.29, 1.82) is 0 Å². The summed E-state index contributed by atoms with van der Waals surface area (Å²) in [5, 5.41) is 13.6. The highest BCUT2D eigenvalue weighted by Crippen LogP contribution is 2.22. The Kier molecular flexibility index (Phi) is 5.86. The standard InChI is InChI=1S/C18H23N5OS/c1-4-23-16(11-14-8-6-5-7-9-14)20-21-18(23)25-12-17-19-15(22-24-17)10-13(2)3/h5-9,13H,4,10-12H2,1-3H3. The molecule has 0 aliphatic carbocycles. The van der Waals surface area contributed by atoms with Crippen LogP contribution in [0.3, 0.4) is 0 Å². The zero-order valence-corrected chi connectivity index (χ0v) is 15.7. The van der Waals surface area contributed by atoms with E-state index in [1.54, 1.807) is 11.8 Å². The molecule has 3 rings (SSSR count). The molecule has 2 aromatic heterocycles. The van der Waals surface area contributed by atoms with Crippen molar-refractivity contribution in [3.05, 3.63) is 53.4 Å². The van der Waals surface area contributed by atoms with Gasteiger partial charge in [-0.3, -0.25) is 0 Å². The zero-order valence-electron chi connectivity index (χ0n) is 14.8. The Balaban J connectivity index is 1.65. The summed E-state index contributed by atoms with van der Waals surface area (Å²) in [4.78, 5) is 4.44. The van der Waals surface area contributed by atoms with Crippen LogP contribution in [0.4, 0.5) is 0 Å². The van der Waals surface area contributed by atoms with Crippen molar-refractivity contribution in [1.82, 2.24) is 24.9 Å². The lowest BCUT2D eigenvalue weighted by atomic mass is 10.1. The highest BCUT2D eigenvalue weighted by Gasteiger charge is 2.14. The molecule has 0 atom stereocenters. The zero-order chi connectivity index (χ0) is 17.6. The molecule has 0 aliphatic heterocycles. The quantitative estimate of drug-likeness (QED) is 0.572. The first-order valence-electron chi connectivity index (χ1n) is 8.56. The number of aromatic nitrogens is 5. The minimum atomic E-state index is 0.516. The van der Waals surface area contributed by atoms with E-state index in [0.717, 1.165) is 36.2 Å². The largest absolute Gasteiger partial charge is 0.338 e. The van der Waals surface area contributed by atoms with Crippen LogP contribution in [0.1, 0.15) is 43.9 Å². The first kappa shape index (κ1) is 17.7. The van der Waals surface area contributed by atoms with Crippen molar-refractivity contribution >= 4 is 11.8 Å². The van der Waals surface area contributed by atoms with Crippen LogP contribution in [-0.4, -0.2) is 24.9 Å². The monoisotopic (exact) mass is 357 g/mol. The summed E-state index contributed by atoms with van der Waals surface area (Å²) in [5.74, 6) is 3.50. The molecule has 0 amide bonds. The van der Waals surface area contributed by atoms with Crippen molar-refractivity contribution < 1.29 is 4.52 Å². The lowest BCUT2D eigenvalue weighted by Gasteiger charge is -2.06. The topological polar surface area (TPSA) is 69.6 Å². The van der Waals surface area contributed by atoms with Crippen LogP contribution in [0.25, 0.3) is 0 Å². The molecule has 0 spiro atoms. The summed E-state index contributed by atoms with van der Waals surface area (Å²) in [6.45, 7) is 7.22. The van der Waals surface area contributed by atoms with E-state index in [4.69, 9.17) is 4.52 Å². The minimum Gasteiger partial charge on any atom is -0.338 e. The Morgan fingerprint density at radius 2 is 1.96 bits per heavy atom. The number of nitrogens with zero attached hydrogens (tertiary/aromatic N) is 5. The number of hydrogen-bond acceptors (Lipinski definition) is 6. The molecular formula is C18H23N5OS. The molecule has 0 unspecified atom stereocenters. The van der Waals surface area contributed by atoms with E-state index in [-0.39, 0.29) is 0 Å². The molecule has 6 nitrogen and oxygen atoms in total. The summed E-state index contributed by atoms with van der Waals surface area (Å²) in [5.41, 5.74) is 1.23. The Bertz CT molecular complexity index is 797. The van der Waals surface area contributed by atoms with Gasteiger partial charge in [-0.05, 0) is 18.4 Å². The predicted molar refractivity (Wildman–Crippen MR) is 97.3 cm³/mol. The average Bonchev–Trinajstić information content (AvgIpc) is 3.20. The molecule has 2 heterocycles. The Labute approximate surface area is 152 Å². The van der Waals surface area contributed by atoms with Crippen LogP contribution in [0.15, 0.2) is 40.0 Å². The molecule has 0 saturated carbocycles. The summed E-state index contributed by atoms with van der Waals surface area (Å²) in [7, 11) is 0. The van der Waals surface area contributed by atoms with E-state index >= 15 is 0 Å². The van der Waals surface area contributed by atoms with E-state index in [1.165, 1.54) is 5.56 Å². The van der Waals surface area contributed by atoms with Gasteiger partial charge in [0.15, 0.2) is 11.0 Å². The van der Waals surface area contributed by atoms with E-state index in [9.17, 15) is 0 Å². The first-order valence-corrected chi connectivity index (χ1v) is 9.54. The van der Waals surface area contributed by atoms with Crippen molar-refractivity contribution in [3.8, 4) is 0 Å². The third-order valence-corrected chi connectivity index (χ3v) is 4.69. The second-order valence-corrected chi connectivity index (χ2v) is 7.24. The maximum Gasteiger partial charge on any atom is 0.237 e.